The highest BCUT2D eigenvalue weighted by Gasteiger charge is 2.21. The lowest BCUT2D eigenvalue weighted by atomic mass is 10.1. The number of carbonyl (C=O) groups is 1. The summed E-state index contributed by atoms with van der Waals surface area (Å²) >= 11 is 0. The van der Waals surface area contributed by atoms with E-state index in [9.17, 15) is 4.79 Å². The van der Waals surface area contributed by atoms with Crippen LogP contribution in [0.3, 0.4) is 0 Å². The van der Waals surface area contributed by atoms with Crippen molar-refractivity contribution in [3.8, 4) is 0 Å². The SMILES string of the molecule is CC(C)CCN1CCN(C(=O)OCC(C)C)CC1. The largest absolute Gasteiger partial charge is 0.449 e. The van der Waals surface area contributed by atoms with Gasteiger partial charge in [-0.15, -0.1) is 0 Å². The number of piperazine rings is 1. The minimum atomic E-state index is -0.146. The third-order valence-corrected chi connectivity index (χ3v) is 3.19. The molecule has 1 heterocycles. The van der Waals surface area contributed by atoms with E-state index in [0.717, 1.165) is 38.6 Å². The number of amides is 1. The molecule has 1 saturated heterocycles. The highest BCUT2D eigenvalue weighted by molar-refractivity contribution is 5.67. The van der Waals surface area contributed by atoms with Crippen LogP contribution in [0.15, 0.2) is 0 Å². The van der Waals surface area contributed by atoms with Crippen molar-refractivity contribution in [2.45, 2.75) is 34.1 Å². The standard InChI is InChI=1S/C14H28N2O2/c1-12(2)5-6-15-7-9-16(10-8-15)14(17)18-11-13(3)4/h12-13H,5-11H2,1-4H3. The van der Waals surface area contributed by atoms with Gasteiger partial charge in [-0.05, 0) is 24.8 Å². The number of nitrogens with zero attached hydrogens (tertiary/aromatic N) is 2. The first kappa shape index (κ1) is 15.3. The molecule has 0 radical (unpaired) electrons. The zero-order chi connectivity index (χ0) is 13.5. The molecular weight excluding hydrogens is 228 g/mol. The predicted molar refractivity (Wildman–Crippen MR) is 73.7 cm³/mol. The molecule has 106 valence electrons. The number of hydrogen-bond acceptors (Lipinski definition) is 3. The van der Waals surface area contributed by atoms with E-state index >= 15 is 0 Å². The molecule has 0 bridgehead atoms. The van der Waals surface area contributed by atoms with Crippen LogP contribution >= 0.6 is 0 Å². The highest BCUT2D eigenvalue weighted by Crippen LogP contribution is 2.08. The Balaban J connectivity index is 2.20. The average Bonchev–Trinajstić information content (AvgIpc) is 2.34. The Hall–Kier alpha value is -0.770. The summed E-state index contributed by atoms with van der Waals surface area (Å²) in [7, 11) is 0. The Morgan fingerprint density at radius 2 is 1.67 bits per heavy atom. The molecule has 0 N–H and O–H groups in total. The summed E-state index contributed by atoms with van der Waals surface area (Å²) in [5.74, 6) is 1.15. The van der Waals surface area contributed by atoms with E-state index in [4.69, 9.17) is 4.74 Å². The Kier molecular flexibility index (Phi) is 6.47. The smallest absolute Gasteiger partial charge is 0.409 e. The van der Waals surface area contributed by atoms with Gasteiger partial charge in [-0.2, -0.15) is 0 Å². The summed E-state index contributed by atoms with van der Waals surface area (Å²) in [6.45, 7) is 13.8. The number of hydrogen-bond donors (Lipinski definition) is 0. The van der Waals surface area contributed by atoms with Crippen LogP contribution in [-0.4, -0.2) is 55.2 Å². The monoisotopic (exact) mass is 256 g/mol. The fourth-order valence-corrected chi connectivity index (χ4v) is 1.92. The van der Waals surface area contributed by atoms with Gasteiger partial charge >= 0.3 is 6.09 Å². The van der Waals surface area contributed by atoms with Gasteiger partial charge < -0.3 is 9.64 Å². The molecule has 4 heteroatoms. The molecule has 1 aliphatic rings. The Bertz CT molecular complexity index is 246. The molecule has 4 nitrogen and oxygen atoms in total. The maximum atomic E-state index is 11.8. The van der Waals surface area contributed by atoms with Crippen molar-refractivity contribution in [1.82, 2.24) is 9.80 Å². The molecule has 0 saturated carbocycles. The molecule has 18 heavy (non-hydrogen) atoms. The molecule has 1 rings (SSSR count). The van der Waals surface area contributed by atoms with Crippen LogP contribution in [0.2, 0.25) is 0 Å². The lowest BCUT2D eigenvalue weighted by Gasteiger charge is -2.34. The maximum Gasteiger partial charge on any atom is 0.409 e. The van der Waals surface area contributed by atoms with Crippen LogP contribution in [0.1, 0.15) is 34.1 Å². The first-order chi connectivity index (χ1) is 8.49. The molecule has 0 atom stereocenters. The van der Waals surface area contributed by atoms with Crippen LogP contribution in [0, 0.1) is 11.8 Å². The lowest BCUT2D eigenvalue weighted by molar-refractivity contribution is 0.0681. The lowest BCUT2D eigenvalue weighted by Crippen LogP contribution is -2.49. The summed E-state index contributed by atoms with van der Waals surface area (Å²) < 4.78 is 5.24. The molecular formula is C14H28N2O2. The summed E-state index contributed by atoms with van der Waals surface area (Å²) in [5.41, 5.74) is 0. The van der Waals surface area contributed by atoms with Gasteiger partial charge in [0.2, 0.25) is 0 Å². The molecule has 0 aromatic carbocycles. The molecule has 0 aromatic heterocycles. The van der Waals surface area contributed by atoms with Gasteiger partial charge in [-0.1, -0.05) is 27.7 Å². The summed E-state index contributed by atoms with van der Waals surface area (Å²) in [5, 5.41) is 0. The summed E-state index contributed by atoms with van der Waals surface area (Å²) in [4.78, 5) is 16.0. The second-order valence-electron chi connectivity index (χ2n) is 5.98. The molecule has 1 fully saturated rings. The first-order valence-corrected chi connectivity index (χ1v) is 7.13. The zero-order valence-corrected chi connectivity index (χ0v) is 12.3. The summed E-state index contributed by atoms with van der Waals surface area (Å²) in [6, 6.07) is 0. The third-order valence-electron chi connectivity index (χ3n) is 3.19. The van der Waals surface area contributed by atoms with Crippen LogP contribution < -0.4 is 0 Å². The van der Waals surface area contributed by atoms with Crippen LogP contribution in [0.5, 0.6) is 0 Å². The van der Waals surface area contributed by atoms with Crippen molar-refractivity contribution in [3.63, 3.8) is 0 Å². The Labute approximate surface area is 111 Å². The number of carbonyl (C=O) groups excluding carboxylic acids is 1. The predicted octanol–water partition coefficient (Wildman–Crippen LogP) is 2.44. The van der Waals surface area contributed by atoms with Gasteiger partial charge in [0.05, 0.1) is 6.61 Å². The van der Waals surface area contributed by atoms with E-state index in [1.54, 1.807) is 0 Å². The Morgan fingerprint density at radius 1 is 1.06 bits per heavy atom. The minimum absolute atomic E-state index is 0.146. The van der Waals surface area contributed by atoms with E-state index < -0.39 is 0 Å². The number of rotatable bonds is 5. The van der Waals surface area contributed by atoms with Crippen molar-refractivity contribution in [3.05, 3.63) is 0 Å². The second kappa shape index (κ2) is 7.62. The molecule has 0 unspecified atom stereocenters. The van der Waals surface area contributed by atoms with E-state index in [0.29, 0.717) is 12.5 Å². The maximum absolute atomic E-state index is 11.8. The van der Waals surface area contributed by atoms with Crippen molar-refractivity contribution in [2.75, 3.05) is 39.3 Å². The second-order valence-corrected chi connectivity index (χ2v) is 5.98. The van der Waals surface area contributed by atoms with Gasteiger partial charge in [0.25, 0.3) is 0 Å². The molecule has 1 amide bonds. The van der Waals surface area contributed by atoms with Crippen molar-refractivity contribution in [2.24, 2.45) is 11.8 Å². The minimum Gasteiger partial charge on any atom is -0.449 e. The third kappa shape index (κ3) is 5.71. The van der Waals surface area contributed by atoms with Crippen molar-refractivity contribution in [1.29, 1.82) is 0 Å². The average molecular weight is 256 g/mol. The van der Waals surface area contributed by atoms with Gasteiger partial charge in [0.1, 0.15) is 0 Å². The van der Waals surface area contributed by atoms with E-state index in [1.165, 1.54) is 6.42 Å². The van der Waals surface area contributed by atoms with Crippen LogP contribution in [0.4, 0.5) is 4.79 Å². The van der Waals surface area contributed by atoms with E-state index in [2.05, 4.69) is 32.6 Å². The van der Waals surface area contributed by atoms with Gasteiger partial charge in [0, 0.05) is 26.2 Å². The summed E-state index contributed by atoms with van der Waals surface area (Å²) in [6.07, 6.45) is 1.09. The van der Waals surface area contributed by atoms with E-state index in [1.807, 2.05) is 4.90 Å². The van der Waals surface area contributed by atoms with E-state index in [-0.39, 0.29) is 6.09 Å². The normalized spacial score (nSPS) is 17.6. The number of ether oxygens (including phenoxy) is 1. The van der Waals surface area contributed by atoms with Gasteiger partial charge in [-0.25, -0.2) is 4.79 Å². The van der Waals surface area contributed by atoms with Crippen LogP contribution in [-0.2, 0) is 4.74 Å². The first-order valence-electron chi connectivity index (χ1n) is 7.13. The fraction of sp³-hybridized carbons (Fsp3) is 0.929. The highest BCUT2D eigenvalue weighted by atomic mass is 16.6. The van der Waals surface area contributed by atoms with Crippen molar-refractivity contribution < 1.29 is 9.53 Å². The molecule has 0 aromatic rings. The Morgan fingerprint density at radius 3 is 2.17 bits per heavy atom. The molecule has 0 aliphatic carbocycles. The topological polar surface area (TPSA) is 32.8 Å². The van der Waals surface area contributed by atoms with Crippen molar-refractivity contribution >= 4 is 6.09 Å². The zero-order valence-electron chi connectivity index (χ0n) is 12.3. The van der Waals surface area contributed by atoms with Gasteiger partial charge in [0.15, 0.2) is 0 Å². The quantitative estimate of drug-likeness (QED) is 0.757. The fourth-order valence-electron chi connectivity index (χ4n) is 1.92. The van der Waals surface area contributed by atoms with Crippen LogP contribution in [0.25, 0.3) is 0 Å². The molecule has 0 spiro atoms. The van der Waals surface area contributed by atoms with Gasteiger partial charge in [-0.3, -0.25) is 4.90 Å². The molecule has 1 aliphatic heterocycles.